The van der Waals surface area contributed by atoms with E-state index in [-0.39, 0.29) is 24.5 Å². The molecule has 0 bridgehead atoms. The van der Waals surface area contributed by atoms with Crippen LogP contribution >= 0.6 is 0 Å². The van der Waals surface area contributed by atoms with E-state index >= 15 is 0 Å². The summed E-state index contributed by atoms with van der Waals surface area (Å²) in [5.41, 5.74) is -0.0111. The third-order valence-electron chi connectivity index (χ3n) is 3.48. The van der Waals surface area contributed by atoms with E-state index in [1.54, 1.807) is 0 Å². The molecule has 1 unspecified atom stereocenters. The molecule has 0 spiro atoms. The summed E-state index contributed by atoms with van der Waals surface area (Å²) in [6, 6.07) is 0.138. The lowest BCUT2D eigenvalue weighted by Crippen LogP contribution is -2.50. The molecule has 76 valence electrons. The van der Waals surface area contributed by atoms with Crippen molar-refractivity contribution in [2.75, 3.05) is 6.54 Å². The van der Waals surface area contributed by atoms with Gasteiger partial charge in [-0.3, -0.25) is 4.90 Å². The average molecular weight is 189 g/mol. The van der Waals surface area contributed by atoms with E-state index in [4.69, 9.17) is 0 Å². The van der Waals surface area contributed by atoms with Gasteiger partial charge >= 0.3 is 0 Å². The summed E-state index contributed by atoms with van der Waals surface area (Å²) in [5.74, 6) is -2.44. The van der Waals surface area contributed by atoms with Gasteiger partial charge in [-0.25, -0.2) is 8.78 Å². The Balaban J connectivity index is 2.17. The van der Waals surface area contributed by atoms with Crippen LogP contribution in [0.3, 0.4) is 0 Å². The summed E-state index contributed by atoms with van der Waals surface area (Å²) in [6.45, 7) is 4.14. The summed E-state index contributed by atoms with van der Waals surface area (Å²) in [7, 11) is 0. The number of piperidine rings is 1. The zero-order chi connectivity index (χ0) is 9.69. The molecule has 1 nitrogen and oxygen atoms in total. The third kappa shape index (κ3) is 1.58. The standard InChI is InChI=1S/C10H17F2N/c1-9(2)5-3-4-8-6-10(11,12)7-13(8)9/h8H,3-7H2,1-2H3. The van der Waals surface area contributed by atoms with Crippen molar-refractivity contribution in [2.24, 2.45) is 0 Å². The number of nitrogens with zero attached hydrogens (tertiary/aromatic N) is 1. The van der Waals surface area contributed by atoms with Gasteiger partial charge < -0.3 is 0 Å². The molecule has 0 aromatic carbocycles. The Hall–Kier alpha value is -0.180. The van der Waals surface area contributed by atoms with E-state index in [0.29, 0.717) is 0 Å². The second-order valence-electron chi connectivity index (χ2n) is 5.05. The highest BCUT2D eigenvalue weighted by Gasteiger charge is 2.50. The zero-order valence-corrected chi connectivity index (χ0v) is 8.32. The molecule has 13 heavy (non-hydrogen) atoms. The van der Waals surface area contributed by atoms with Crippen molar-refractivity contribution in [1.82, 2.24) is 4.90 Å². The second kappa shape index (κ2) is 2.66. The van der Waals surface area contributed by atoms with Crippen LogP contribution in [0.15, 0.2) is 0 Å². The lowest BCUT2D eigenvalue weighted by atomic mass is 9.87. The molecule has 2 aliphatic rings. The summed E-state index contributed by atoms with van der Waals surface area (Å²) in [6.07, 6.45) is 3.19. The molecule has 2 rings (SSSR count). The lowest BCUT2D eigenvalue weighted by Gasteiger charge is -2.43. The molecule has 0 amide bonds. The van der Waals surface area contributed by atoms with Crippen molar-refractivity contribution in [3.8, 4) is 0 Å². The SMILES string of the molecule is CC1(C)CCCC2CC(F)(F)CN21. The molecule has 0 N–H and O–H groups in total. The van der Waals surface area contributed by atoms with E-state index in [1.165, 1.54) is 0 Å². The van der Waals surface area contributed by atoms with Gasteiger partial charge in [-0.2, -0.15) is 0 Å². The van der Waals surface area contributed by atoms with Crippen LogP contribution in [0.1, 0.15) is 39.5 Å². The summed E-state index contributed by atoms with van der Waals surface area (Å²) in [4.78, 5) is 2.01. The van der Waals surface area contributed by atoms with E-state index < -0.39 is 5.92 Å². The summed E-state index contributed by atoms with van der Waals surface area (Å²) >= 11 is 0. The van der Waals surface area contributed by atoms with Crippen molar-refractivity contribution in [2.45, 2.75) is 57.0 Å². The van der Waals surface area contributed by atoms with Gasteiger partial charge in [0.05, 0.1) is 6.54 Å². The largest absolute Gasteiger partial charge is 0.289 e. The van der Waals surface area contributed by atoms with Gasteiger partial charge in [0.2, 0.25) is 0 Å². The highest BCUT2D eigenvalue weighted by molar-refractivity contribution is 5.00. The van der Waals surface area contributed by atoms with Crippen LogP contribution in [0.25, 0.3) is 0 Å². The average Bonchev–Trinajstić information content (AvgIpc) is 2.25. The fourth-order valence-electron chi connectivity index (χ4n) is 2.78. The topological polar surface area (TPSA) is 3.24 Å². The molecule has 0 radical (unpaired) electrons. The third-order valence-corrected chi connectivity index (χ3v) is 3.48. The smallest absolute Gasteiger partial charge is 0.262 e. The lowest BCUT2D eigenvalue weighted by molar-refractivity contribution is -0.00573. The Morgan fingerprint density at radius 2 is 2.00 bits per heavy atom. The van der Waals surface area contributed by atoms with Crippen molar-refractivity contribution in [1.29, 1.82) is 0 Å². The van der Waals surface area contributed by atoms with Crippen LogP contribution in [-0.2, 0) is 0 Å². The first-order valence-electron chi connectivity index (χ1n) is 5.05. The molecule has 1 atom stereocenters. The molecule has 3 heteroatoms. The summed E-state index contributed by atoms with van der Waals surface area (Å²) in [5, 5.41) is 0. The molecule has 0 aliphatic carbocycles. The number of halogens is 2. The van der Waals surface area contributed by atoms with Crippen LogP contribution in [0.4, 0.5) is 8.78 Å². The number of alkyl halides is 2. The van der Waals surface area contributed by atoms with Gasteiger partial charge in [-0.1, -0.05) is 6.42 Å². The predicted molar refractivity (Wildman–Crippen MR) is 48.0 cm³/mol. The quantitative estimate of drug-likeness (QED) is 0.566. The van der Waals surface area contributed by atoms with Crippen molar-refractivity contribution in [3.63, 3.8) is 0 Å². The van der Waals surface area contributed by atoms with Crippen LogP contribution < -0.4 is 0 Å². The van der Waals surface area contributed by atoms with Crippen LogP contribution in [-0.4, -0.2) is 28.9 Å². The Labute approximate surface area is 78.1 Å². The Bertz CT molecular complexity index is 213. The monoisotopic (exact) mass is 189 g/mol. The first-order chi connectivity index (χ1) is 5.91. The Morgan fingerprint density at radius 3 is 2.62 bits per heavy atom. The maximum Gasteiger partial charge on any atom is 0.262 e. The molecule has 0 saturated carbocycles. The zero-order valence-electron chi connectivity index (χ0n) is 8.32. The molecular formula is C10H17F2N. The normalized spacial score (nSPS) is 37.4. The van der Waals surface area contributed by atoms with Crippen LogP contribution in [0, 0.1) is 0 Å². The van der Waals surface area contributed by atoms with Crippen LogP contribution in [0.5, 0.6) is 0 Å². The molecule has 0 aromatic rings. The number of hydrogen-bond acceptors (Lipinski definition) is 1. The highest BCUT2D eigenvalue weighted by atomic mass is 19.3. The van der Waals surface area contributed by atoms with Crippen LogP contribution in [0.2, 0.25) is 0 Å². The van der Waals surface area contributed by atoms with Gasteiger partial charge in [0.15, 0.2) is 0 Å². The molecule has 2 heterocycles. The Morgan fingerprint density at radius 1 is 1.31 bits per heavy atom. The molecule has 2 fully saturated rings. The minimum absolute atomic E-state index is 0.0111. The van der Waals surface area contributed by atoms with Gasteiger partial charge in [-0.05, 0) is 26.7 Å². The maximum atomic E-state index is 13.1. The minimum Gasteiger partial charge on any atom is -0.289 e. The van der Waals surface area contributed by atoms with Gasteiger partial charge in [0.25, 0.3) is 5.92 Å². The fourth-order valence-corrected chi connectivity index (χ4v) is 2.78. The molecular weight excluding hydrogens is 172 g/mol. The predicted octanol–water partition coefficient (Wildman–Crippen LogP) is 2.66. The fraction of sp³-hybridized carbons (Fsp3) is 1.00. The van der Waals surface area contributed by atoms with Gasteiger partial charge in [0, 0.05) is 18.0 Å². The molecule has 2 saturated heterocycles. The number of rotatable bonds is 0. The maximum absolute atomic E-state index is 13.1. The van der Waals surface area contributed by atoms with Crippen molar-refractivity contribution in [3.05, 3.63) is 0 Å². The van der Waals surface area contributed by atoms with E-state index in [2.05, 4.69) is 13.8 Å². The Kier molecular flexibility index (Phi) is 1.92. The highest BCUT2D eigenvalue weighted by Crippen LogP contribution is 2.43. The van der Waals surface area contributed by atoms with Gasteiger partial charge in [-0.15, -0.1) is 0 Å². The second-order valence-corrected chi connectivity index (χ2v) is 5.05. The van der Waals surface area contributed by atoms with Crippen molar-refractivity contribution >= 4 is 0 Å². The van der Waals surface area contributed by atoms with E-state index in [1.807, 2.05) is 4.90 Å². The first kappa shape index (κ1) is 9.38. The van der Waals surface area contributed by atoms with E-state index in [9.17, 15) is 8.78 Å². The minimum atomic E-state index is -2.44. The molecule has 0 aromatic heterocycles. The number of hydrogen-bond donors (Lipinski definition) is 0. The van der Waals surface area contributed by atoms with E-state index in [0.717, 1.165) is 19.3 Å². The molecule has 2 aliphatic heterocycles. The van der Waals surface area contributed by atoms with Crippen molar-refractivity contribution < 1.29 is 8.78 Å². The number of fused-ring (bicyclic) bond motifs is 1. The van der Waals surface area contributed by atoms with Gasteiger partial charge in [0.1, 0.15) is 0 Å². The first-order valence-corrected chi connectivity index (χ1v) is 5.05. The summed E-state index contributed by atoms with van der Waals surface area (Å²) < 4.78 is 26.3.